The van der Waals surface area contributed by atoms with Gasteiger partial charge in [-0.05, 0) is 42.5 Å². The zero-order valence-corrected chi connectivity index (χ0v) is 14.3. The third-order valence-corrected chi connectivity index (χ3v) is 3.46. The van der Waals surface area contributed by atoms with Gasteiger partial charge >= 0.3 is 5.97 Å². The molecule has 0 radical (unpaired) electrons. The second-order valence-electron chi connectivity index (χ2n) is 6.90. The zero-order valence-electron chi connectivity index (χ0n) is 14.3. The first-order chi connectivity index (χ1) is 11.3. The molecule has 0 aliphatic heterocycles. The van der Waals surface area contributed by atoms with Crippen LogP contribution < -0.4 is 0 Å². The van der Waals surface area contributed by atoms with Crippen LogP contribution in [0, 0.1) is 11.2 Å². The van der Waals surface area contributed by atoms with Gasteiger partial charge in [-0.3, -0.25) is 4.79 Å². The molecular formula is C18H23FN2O3. The quantitative estimate of drug-likeness (QED) is 0.711. The minimum atomic E-state index is -0.313. The Morgan fingerprint density at radius 1 is 1.25 bits per heavy atom. The molecule has 0 bridgehead atoms. The lowest BCUT2D eigenvalue weighted by Gasteiger charge is -2.17. The molecule has 0 atom stereocenters. The van der Waals surface area contributed by atoms with E-state index in [0.29, 0.717) is 43.1 Å². The van der Waals surface area contributed by atoms with Crippen molar-refractivity contribution in [3.05, 3.63) is 36.0 Å². The summed E-state index contributed by atoms with van der Waals surface area (Å²) < 4.78 is 23.2. The number of esters is 1. The van der Waals surface area contributed by atoms with E-state index in [9.17, 15) is 9.18 Å². The Bertz CT molecular complexity index is 660. The van der Waals surface area contributed by atoms with Crippen LogP contribution in [-0.4, -0.2) is 22.7 Å². The summed E-state index contributed by atoms with van der Waals surface area (Å²) in [4.78, 5) is 15.9. The molecule has 0 amide bonds. The predicted octanol–water partition coefficient (Wildman–Crippen LogP) is 4.18. The highest BCUT2D eigenvalue weighted by molar-refractivity contribution is 5.69. The fourth-order valence-corrected chi connectivity index (χ4v) is 2.00. The number of hydrogen-bond donors (Lipinski definition) is 0. The van der Waals surface area contributed by atoms with Crippen molar-refractivity contribution in [3.8, 4) is 11.4 Å². The number of carbonyl (C=O) groups is 1. The van der Waals surface area contributed by atoms with Crippen molar-refractivity contribution in [3.63, 3.8) is 0 Å². The predicted molar refractivity (Wildman–Crippen MR) is 87.7 cm³/mol. The number of rotatable bonds is 7. The van der Waals surface area contributed by atoms with Gasteiger partial charge in [0.05, 0.1) is 6.61 Å². The molecule has 1 heterocycles. The van der Waals surface area contributed by atoms with Crippen molar-refractivity contribution in [2.45, 2.75) is 46.5 Å². The standard InChI is InChI=1S/C18H23FN2O3/c1-18(2,3)11-12-23-16(22)6-4-5-15-20-17(21-24-15)13-7-9-14(19)10-8-13/h7-10H,4-6,11-12H2,1-3H3. The first-order valence-electron chi connectivity index (χ1n) is 8.08. The minimum Gasteiger partial charge on any atom is -0.466 e. The van der Waals surface area contributed by atoms with Gasteiger partial charge in [0.15, 0.2) is 0 Å². The normalized spacial score (nSPS) is 11.5. The minimum absolute atomic E-state index is 0.154. The number of aromatic nitrogens is 2. The third-order valence-electron chi connectivity index (χ3n) is 3.46. The van der Waals surface area contributed by atoms with Crippen LogP contribution in [0.1, 0.15) is 45.9 Å². The van der Waals surface area contributed by atoms with E-state index in [2.05, 4.69) is 30.9 Å². The second-order valence-corrected chi connectivity index (χ2v) is 6.90. The topological polar surface area (TPSA) is 65.2 Å². The Balaban J connectivity index is 1.73. The molecule has 0 aliphatic rings. The Hall–Kier alpha value is -2.24. The van der Waals surface area contributed by atoms with E-state index in [4.69, 9.17) is 9.26 Å². The fourth-order valence-electron chi connectivity index (χ4n) is 2.00. The van der Waals surface area contributed by atoms with Crippen LogP contribution in [-0.2, 0) is 16.0 Å². The number of carbonyl (C=O) groups excluding carboxylic acids is 1. The van der Waals surface area contributed by atoms with Crippen LogP contribution in [0.3, 0.4) is 0 Å². The van der Waals surface area contributed by atoms with E-state index >= 15 is 0 Å². The van der Waals surface area contributed by atoms with Crippen molar-refractivity contribution in [1.82, 2.24) is 10.1 Å². The highest BCUT2D eigenvalue weighted by atomic mass is 19.1. The molecule has 0 saturated heterocycles. The number of ether oxygens (including phenoxy) is 1. The number of halogens is 1. The SMILES string of the molecule is CC(C)(C)CCOC(=O)CCCc1nc(-c2ccc(F)cc2)no1. The Labute approximate surface area is 141 Å². The van der Waals surface area contributed by atoms with Gasteiger partial charge in [-0.25, -0.2) is 4.39 Å². The van der Waals surface area contributed by atoms with Crippen molar-refractivity contribution >= 4 is 5.97 Å². The first-order valence-corrected chi connectivity index (χ1v) is 8.08. The van der Waals surface area contributed by atoms with E-state index in [1.807, 2.05) is 0 Å². The lowest BCUT2D eigenvalue weighted by atomic mass is 9.93. The van der Waals surface area contributed by atoms with E-state index in [1.54, 1.807) is 12.1 Å². The second kappa shape index (κ2) is 8.04. The molecule has 0 unspecified atom stereocenters. The van der Waals surface area contributed by atoms with Crippen LogP contribution in [0.15, 0.2) is 28.8 Å². The summed E-state index contributed by atoms with van der Waals surface area (Å²) in [7, 11) is 0. The Morgan fingerprint density at radius 2 is 1.96 bits per heavy atom. The summed E-state index contributed by atoms with van der Waals surface area (Å²) in [5, 5.41) is 3.87. The summed E-state index contributed by atoms with van der Waals surface area (Å²) in [6, 6.07) is 5.88. The van der Waals surface area contributed by atoms with Crippen LogP contribution >= 0.6 is 0 Å². The summed E-state index contributed by atoms with van der Waals surface area (Å²) in [5.74, 6) is 0.347. The van der Waals surface area contributed by atoms with Gasteiger partial charge in [0.1, 0.15) is 5.82 Å². The molecule has 24 heavy (non-hydrogen) atoms. The Morgan fingerprint density at radius 3 is 2.62 bits per heavy atom. The molecule has 130 valence electrons. The van der Waals surface area contributed by atoms with Crippen LogP contribution in [0.2, 0.25) is 0 Å². The number of aryl methyl sites for hydroxylation is 1. The van der Waals surface area contributed by atoms with Crippen LogP contribution in [0.25, 0.3) is 11.4 Å². The van der Waals surface area contributed by atoms with Crippen molar-refractivity contribution < 1.29 is 18.4 Å². The highest BCUT2D eigenvalue weighted by Crippen LogP contribution is 2.19. The van der Waals surface area contributed by atoms with Gasteiger partial charge in [0, 0.05) is 18.4 Å². The summed E-state index contributed by atoms with van der Waals surface area (Å²) >= 11 is 0. The molecule has 0 fully saturated rings. The van der Waals surface area contributed by atoms with E-state index in [1.165, 1.54) is 12.1 Å². The average Bonchev–Trinajstić information content (AvgIpc) is 2.95. The molecule has 2 aromatic rings. The molecule has 1 aromatic carbocycles. The number of benzene rings is 1. The lowest BCUT2D eigenvalue weighted by Crippen LogP contribution is -2.13. The summed E-state index contributed by atoms with van der Waals surface area (Å²) in [6.07, 6.45) is 2.24. The first kappa shape index (κ1) is 18.1. The van der Waals surface area contributed by atoms with Gasteiger partial charge < -0.3 is 9.26 Å². The molecular weight excluding hydrogens is 311 g/mol. The van der Waals surface area contributed by atoms with Gasteiger partial charge in [0.25, 0.3) is 0 Å². The molecule has 1 aromatic heterocycles. The molecule has 0 spiro atoms. The van der Waals surface area contributed by atoms with Gasteiger partial charge in [-0.1, -0.05) is 25.9 Å². The largest absolute Gasteiger partial charge is 0.466 e. The summed E-state index contributed by atoms with van der Waals surface area (Å²) in [5.41, 5.74) is 0.842. The van der Waals surface area contributed by atoms with Gasteiger partial charge in [-0.15, -0.1) is 0 Å². The molecule has 6 heteroatoms. The maximum Gasteiger partial charge on any atom is 0.305 e. The van der Waals surface area contributed by atoms with Crippen molar-refractivity contribution in [2.75, 3.05) is 6.61 Å². The molecule has 2 rings (SSSR count). The van der Waals surface area contributed by atoms with E-state index < -0.39 is 0 Å². The number of nitrogens with zero attached hydrogens (tertiary/aromatic N) is 2. The van der Waals surface area contributed by atoms with Crippen LogP contribution in [0.5, 0.6) is 0 Å². The van der Waals surface area contributed by atoms with Gasteiger partial charge in [0.2, 0.25) is 11.7 Å². The number of hydrogen-bond acceptors (Lipinski definition) is 5. The summed E-state index contributed by atoms with van der Waals surface area (Å²) in [6.45, 7) is 6.76. The fraction of sp³-hybridized carbons (Fsp3) is 0.500. The molecule has 0 N–H and O–H groups in total. The van der Waals surface area contributed by atoms with Crippen molar-refractivity contribution in [1.29, 1.82) is 0 Å². The van der Waals surface area contributed by atoms with E-state index in [-0.39, 0.29) is 17.2 Å². The maximum absolute atomic E-state index is 12.9. The third kappa shape index (κ3) is 6.10. The van der Waals surface area contributed by atoms with Crippen LogP contribution in [0.4, 0.5) is 4.39 Å². The molecule has 0 aliphatic carbocycles. The maximum atomic E-state index is 12.9. The lowest BCUT2D eigenvalue weighted by molar-refractivity contribution is -0.144. The van der Waals surface area contributed by atoms with Crippen molar-refractivity contribution in [2.24, 2.45) is 5.41 Å². The van der Waals surface area contributed by atoms with Gasteiger partial charge in [-0.2, -0.15) is 4.98 Å². The monoisotopic (exact) mass is 334 g/mol. The smallest absolute Gasteiger partial charge is 0.305 e. The zero-order chi connectivity index (χ0) is 17.6. The molecule has 0 saturated carbocycles. The van der Waals surface area contributed by atoms with E-state index in [0.717, 1.165) is 6.42 Å². The highest BCUT2D eigenvalue weighted by Gasteiger charge is 2.13. The Kier molecular flexibility index (Phi) is 6.06. The average molecular weight is 334 g/mol. The molecule has 5 nitrogen and oxygen atoms in total.